The van der Waals surface area contributed by atoms with Gasteiger partial charge in [-0.05, 0) is 38.5 Å². The predicted molar refractivity (Wildman–Crippen MR) is 136 cm³/mol. The van der Waals surface area contributed by atoms with Crippen molar-refractivity contribution in [1.82, 2.24) is 10.6 Å². The third-order valence-corrected chi connectivity index (χ3v) is 4.81. The minimum atomic E-state index is 0. The van der Waals surface area contributed by atoms with Crippen LogP contribution in [-0.2, 0) is 0 Å². The molecule has 0 aromatic rings. The summed E-state index contributed by atoms with van der Waals surface area (Å²) in [6, 6.07) is 0. The van der Waals surface area contributed by atoms with Crippen molar-refractivity contribution >= 4 is 24.8 Å². The second-order valence-corrected chi connectivity index (χ2v) is 6.37. The summed E-state index contributed by atoms with van der Waals surface area (Å²) in [4.78, 5) is 0. The van der Waals surface area contributed by atoms with Gasteiger partial charge in [-0.15, -0.1) is 38.0 Å². The SMILES string of the molecule is C=CCNCC(CC)=C(CC)CC.C=CCNCC(CC)=C(CC)CC.Cl.Cl. The smallest absolute Gasteiger partial charge is 0.0170 e. The van der Waals surface area contributed by atoms with Gasteiger partial charge in [-0.25, -0.2) is 0 Å². The van der Waals surface area contributed by atoms with Crippen molar-refractivity contribution in [1.29, 1.82) is 0 Å². The van der Waals surface area contributed by atoms with E-state index in [9.17, 15) is 0 Å². The summed E-state index contributed by atoms with van der Waals surface area (Å²) in [5.41, 5.74) is 6.37. The Morgan fingerprint density at radius 2 is 0.786 bits per heavy atom. The van der Waals surface area contributed by atoms with E-state index in [1.165, 1.54) is 38.5 Å². The normalized spacial score (nSPS) is 9.07. The summed E-state index contributed by atoms with van der Waals surface area (Å²) in [6.45, 7) is 24.7. The van der Waals surface area contributed by atoms with Crippen molar-refractivity contribution in [2.75, 3.05) is 26.2 Å². The molecular formula is C24H48Cl2N2. The van der Waals surface area contributed by atoms with Crippen LogP contribution in [0.5, 0.6) is 0 Å². The van der Waals surface area contributed by atoms with Crippen LogP contribution in [0, 0.1) is 0 Å². The van der Waals surface area contributed by atoms with Crippen molar-refractivity contribution < 1.29 is 0 Å². The molecule has 0 fully saturated rings. The molecule has 0 aromatic heterocycles. The summed E-state index contributed by atoms with van der Waals surface area (Å²) in [5.74, 6) is 0. The second kappa shape index (κ2) is 26.5. The molecule has 2 nitrogen and oxygen atoms in total. The van der Waals surface area contributed by atoms with Gasteiger partial charge in [0.2, 0.25) is 0 Å². The van der Waals surface area contributed by atoms with Crippen LogP contribution in [0.1, 0.15) is 80.1 Å². The summed E-state index contributed by atoms with van der Waals surface area (Å²) in [6.07, 6.45) is 10.9. The summed E-state index contributed by atoms with van der Waals surface area (Å²) >= 11 is 0. The van der Waals surface area contributed by atoms with Gasteiger partial charge >= 0.3 is 0 Å². The van der Waals surface area contributed by atoms with E-state index >= 15 is 0 Å². The van der Waals surface area contributed by atoms with E-state index in [0.717, 1.165) is 26.2 Å². The highest BCUT2D eigenvalue weighted by Crippen LogP contribution is 2.15. The standard InChI is InChI=1S/2C12H23N.2ClH/c2*1-5-9-13-10-12(8-4)11(6-2)7-3;;/h2*5,13H,1,6-10H2,2-4H3;2*1H. The molecule has 0 spiro atoms. The maximum atomic E-state index is 3.69. The highest BCUT2D eigenvalue weighted by molar-refractivity contribution is 5.85. The highest BCUT2D eigenvalue weighted by Gasteiger charge is 2.01. The molecule has 4 heteroatoms. The van der Waals surface area contributed by atoms with E-state index in [1.807, 2.05) is 12.2 Å². The lowest BCUT2D eigenvalue weighted by Gasteiger charge is -2.11. The van der Waals surface area contributed by atoms with Crippen molar-refractivity contribution in [3.05, 3.63) is 47.6 Å². The molecule has 0 amide bonds. The molecule has 0 saturated carbocycles. The number of hydrogen-bond acceptors (Lipinski definition) is 2. The van der Waals surface area contributed by atoms with Crippen LogP contribution in [0.3, 0.4) is 0 Å². The Hall–Kier alpha value is -0.540. The first kappa shape index (κ1) is 34.9. The maximum Gasteiger partial charge on any atom is 0.0170 e. The van der Waals surface area contributed by atoms with Crippen LogP contribution in [-0.4, -0.2) is 26.2 Å². The van der Waals surface area contributed by atoms with Crippen LogP contribution < -0.4 is 10.6 Å². The van der Waals surface area contributed by atoms with Crippen molar-refractivity contribution in [2.45, 2.75) is 80.1 Å². The van der Waals surface area contributed by atoms with Crippen LogP contribution in [0.25, 0.3) is 0 Å². The molecule has 0 aromatic carbocycles. The molecule has 168 valence electrons. The summed E-state index contributed by atoms with van der Waals surface area (Å²) < 4.78 is 0. The van der Waals surface area contributed by atoms with E-state index in [0.29, 0.717) is 0 Å². The maximum absolute atomic E-state index is 3.69. The first-order valence-corrected chi connectivity index (χ1v) is 10.6. The zero-order valence-electron chi connectivity index (χ0n) is 19.5. The molecule has 0 saturated heterocycles. The van der Waals surface area contributed by atoms with Crippen molar-refractivity contribution in [3.63, 3.8) is 0 Å². The number of allylic oxidation sites excluding steroid dienone is 2. The monoisotopic (exact) mass is 434 g/mol. The quantitative estimate of drug-likeness (QED) is 0.219. The van der Waals surface area contributed by atoms with Crippen LogP contribution in [0.4, 0.5) is 0 Å². The predicted octanol–water partition coefficient (Wildman–Crippen LogP) is 7.42. The molecular weight excluding hydrogens is 387 g/mol. The zero-order chi connectivity index (χ0) is 20.2. The number of rotatable bonds is 14. The van der Waals surface area contributed by atoms with Gasteiger partial charge in [0.1, 0.15) is 0 Å². The molecule has 0 aliphatic carbocycles. The fourth-order valence-corrected chi connectivity index (χ4v) is 3.15. The van der Waals surface area contributed by atoms with Gasteiger partial charge in [0, 0.05) is 26.2 Å². The van der Waals surface area contributed by atoms with Gasteiger partial charge in [-0.2, -0.15) is 0 Å². The number of halogens is 2. The van der Waals surface area contributed by atoms with Crippen molar-refractivity contribution in [2.24, 2.45) is 0 Å². The summed E-state index contributed by atoms with van der Waals surface area (Å²) in [7, 11) is 0. The highest BCUT2D eigenvalue weighted by atomic mass is 35.5. The van der Waals surface area contributed by atoms with E-state index in [2.05, 4.69) is 65.3 Å². The Bertz CT molecular complexity index is 374. The van der Waals surface area contributed by atoms with E-state index in [1.54, 1.807) is 22.3 Å². The van der Waals surface area contributed by atoms with Crippen molar-refractivity contribution in [3.8, 4) is 0 Å². The Balaban J connectivity index is -0.000000192. The van der Waals surface area contributed by atoms with Gasteiger partial charge in [0.15, 0.2) is 0 Å². The summed E-state index contributed by atoms with van der Waals surface area (Å²) in [5, 5.41) is 6.72. The van der Waals surface area contributed by atoms with Gasteiger partial charge in [0.05, 0.1) is 0 Å². The fourth-order valence-electron chi connectivity index (χ4n) is 3.15. The Morgan fingerprint density at radius 3 is 0.964 bits per heavy atom. The lowest BCUT2D eigenvalue weighted by atomic mass is 10.0. The molecule has 0 aliphatic rings. The van der Waals surface area contributed by atoms with E-state index in [-0.39, 0.29) is 24.8 Å². The molecule has 0 bridgehead atoms. The van der Waals surface area contributed by atoms with E-state index in [4.69, 9.17) is 0 Å². The molecule has 0 heterocycles. The third-order valence-electron chi connectivity index (χ3n) is 4.81. The van der Waals surface area contributed by atoms with Gasteiger partial charge in [-0.3, -0.25) is 0 Å². The Morgan fingerprint density at radius 1 is 0.536 bits per heavy atom. The minimum absolute atomic E-state index is 0. The molecule has 2 N–H and O–H groups in total. The Kier molecular flexibility index (Phi) is 33.0. The third kappa shape index (κ3) is 17.6. The van der Waals surface area contributed by atoms with Crippen LogP contribution in [0.15, 0.2) is 47.6 Å². The minimum Gasteiger partial charge on any atom is -0.310 e. The average molecular weight is 436 g/mol. The number of nitrogens with one attached hydrogen (secondary N) is 2. The lowest BCUT2D eigenvalue weighted by Crippen LogP contribution is -2.17. The molecule has 28 heavy (non-hydrogen) atoms. The molecule has 0 unspecified atom stereocenters. The van der Waals surface area contributed by atoms with Crippen LogP contribution >= 0.6 is 24.8 Å². The first-order valence-electron chi connectivity index (χ1n) is 10.6. The largest absolute Gasteiger partial charge is 0.310 e. The number of hydrogen-bond donors (Lipinski definition) is 2. The molecule has 0 radical (unpaired) electrons. The fraction of sp³-hybridized carbons (Fsp3) is 0.667. The Labute approximate surface area is 189 Å². The van der Waals surface area contributed by atoms with Gasteiger partial charge in [0.25, 0.3) is 0 Å². The van der Waals surface area contributed by atoms with E-state index < -0.39 is 0 Å². The first-order chi connectivity index (χ1) is 12.6. The lowest BCUT2D eigenvalue weighted by molar-refractivity contribution is 0.765. The van der Waals surface area contributed by atoms with Gasteiger partial charge < -0.3 is 10.6 Å². The second-order valence-electron chi connectivity index (χ2n) is 6.37. The zero-order valence-corrected chi connectivity index (χ0v) is 21.1. The van der Waals surface area contributed by atoms with Gasteiger partial charge in [-0.1, -0.05) is 76.0 Å². The van der Waals surface area contributed by atoms with Crippen LogP contribution in [0.2, 0.25) is 0 Å². The molecule has 0 rings (SSSR count). The molecule has 0 aliphatic heterocycles. The topological polar surface area (TPSA) is 24.1 Å². The molecule has 0 atom stereocenters. The average Bonchev–Trinajstić information content (AvgIpc) is 2.67.